The molecule has 0 bridgehead atoms. The van der Waals surface area contributed by atoms with Crippen LogP contribution in [0.1, 0.15) is 24.5 Å². The minimum atomic E-state index is 0.730. The number of nitrogens with zero attached hydrogens (tertiary/aromatic N) is 1. The second kappa shape index (κ2) is 4.35. The molecule has 0 N–H and O–H groups in total. The number of hydrogen-bond donors (Lipinski definition) is 0. The molecule has 98 valence electrons. The van der Waals surface area contributed by atoms with Crippen LogP contribution in [0.2, 0.25) is 0 Å². The maximum Gasteiger partial charge on any atom is 0.0243 e. The zero-order valence-electron chi connectivity index (χ0n) is 11.5. The Labute approximate surface area is 115 Å². The molecule has 1 aromatic carbocycles. The Morgan fingerprint density at radius 3 is 2.26 bits per heavy atom. The van der Waals surface area contributed by atoms with E-state index in [1.807, 2.05) is 0 Å². The maximum atomic E-state index is 2.70. The molecule has 4 rings (SSSR count). The maximum absolute atomic E-state index is 2.70. The van der Waals surface area contributed by atoms with Crippen molar-refractivity contribution in [1.29, 1.82) is 0 Å². The SMILES string of the molecule is CC1CC(N2Cc3ccccc3C2)C2C=CC=CC12. The third kappa shape index (κ3) is 1.80. The molecule has 0 aromatic heterocycles. The van der Waals surface area contributed by atoms with E-state index < -0.39 is 0 Å². The second-order valence-electron chi connectivity index (χ2n) is 6.38. The van der Waals surface area contributed by atoms with Crippen molar-refractivity contribution in [2.75, 3.05) is 0 Å². The average Bonchev–Trinajstić information content (AvgIpc) is 3.01. The van der Waals surface area contributed by atoms with E-state index in [2.05, 4.69) is 60.4 Å². The molecule has 1 aromatic rings. The van der Waals surface area contributed by atoms with Crippen LogP contribution in [0.4, 0.5) is 0 Å². The first-order chi connectivity index (χ1) is 9.33. The van der Waals surface area contributed by atoms with Gasteiger partial charge in [0.15, 0.2) is 0 Å². The molecular weight excluding hydrogens is 230 g/mol. The van der Waals surface area contributed by atoms with Crippen molar-refractivity contribution in [3.05, 3.63) is 59.7 Å². The summed E-state index contributed by atoms with van der Waals surface area (Å²) >= 11 is 0. The van der Waals surface area contributed by atoms with Gasteiger partial charge in [0.05, 0.1) is 0 Å². The summed E-state index contributed by atoms with van der Waals surface area (Å²) in [5.41, 5.74) is 3.07. The summed E-state index contributed by atoms with van der Waals surface area (Å²) in [4.78, 5) is 2.70. The molecule has 4 unspecified atom stereocenters. The van der Waals surface area contributed by atoms with E-state index in [-0.39, 0.29) is 0 Å². The fourth-order valence-corrected chi connectivity index (χ4v) is 4.28. The van der Waals surface area contributed by atoms with Crippen LogP contribution in [0.25, 0.3) is 0 Å². The largest absolute Gasteiger partial charge is 0.291 e. The van der Waals surface area contributed by atoms with Crippen molar-refractivity contribution >= 4 is 0 Å². The average molecular weight is 251 g/mol. The molecule has 3 aliphatic rings. The minimum Gasteiger partial charge on any atom is -0.291 e. The van der Waals surface area contributed by atoms with Crippen LogP contribution in [0.3, 0.4) is 0 Å². The van der Waals surface area contributed by atoms with Crippen LogP contribution >= 0.6 is 0 Å². The number of hydrogen-bond acceptors (Lipinski definition) is 1. The summed E-state index contributed by atoms with van der Waals surface area (Å²) in [5.74, 6) is 2.31. The molecule has 0 amide bonds. The molecule has 0 spiro atoms. The van der Waals surface area contributed by atoms with Gasteiger partial charge in [0, 0.05) is 19.1 Å². The molecule has 1 heterocycles. The zero-order valence-corrected chi connectivity index (χ0v) is 11.5. The van der Waals surface area contributed by atoms with E-state index >= 15 is 0 Å². The van der Waals surface area contributed by atoms with E-state index in [4.69, 9.17) is 0 Å². The van der Waals surface area contributed by atoms with Gasteiger partial charge in [-0.3, -0.25) is 4.90 Å². The van der Waals surface area contributed by atoms with Crippen LogP contribution in [0.5, 0.6) is 0 Å². The second-order valence-corrected chi connectivity index (χ2v) is 6.38. The summed E-state index contributed by atoms with van der Waals surface area (Å²) in [5, 5.41) is 0. The summed E-state index contributed by atoms with van der Waals surface area (Å²) in [6.07, 6.45) is 10.7. The van der Waals surface area contributed by atoms with Gasteiger partial charge in [-0.25, -0.2) is 0 Å². The van der Waals surface area contributed by atoms with Crippen LogP contribution in [0, 0.1) is 17.8 Å². The molecular formula is C18H21N. The third-order valence-electron chi connectivity index (χ3n) is 5.27. The summed E-state index contributed by atoms with van der Waals surface area (Å²) in [6.45, 7) is 4.72. The topological polar surface area (TPSA) is 3.24 Å². The normalized spacial score (nSPS) is 36.5. The van der Waals surface area contributed by atoms with Gasteiger partial charge in [0.1, 0.15) is 0 Å². The Hall–Kier alpha value is -1.34. The van der Waals surface area contributed by atoms with Crippen molar-refractivity contribution in [1.82, 2.24) is 4.90 Å². The van der Waals surface area contributed by atoms with Gasteiger partial charge in [0.2, 0.25) is 0 Å². The first-order valence-corrected chi connectivity index (χ1v) is 7.49. The van der Waals surface area contributed by atoms with Crippen molar-refractivity contribution in [3.63, 3.8) is 0 Å². The Balaban J connectivity index is 1.59. The molecule has 1 nitrogen and oxygen atoms in total. The number of benzene rings is 1. The van der Waals surface area contributed by atoms with E-state index in [0.29, 0.717) is 0 Å². The monoisotopic (exact) mass is 251 g/mol. The quantitative estimate of drug-likeness (QED) is 0.734. The zero-order chi connectivity index (χ0) is 12.8. The predicted molar refractivity (Wildman–Crippen MR) is 78.5 cm³/mol. The fourth-order valence-electron chi connectivity index (χ4n) is 4.28. The van der Waals surface area contributed by atoms with Gasteiger partial charge in [-0.05, 0) is 35.3 Å². The summed E-state index contributed by atoms with van der Waals surface area (Å²) < 4.78 is 0. The van der Waals surface area contributed by atoms with Gasteiger partial charge in [-0.1, -0.05) is 55.5 Å². The van der Waals surface area contributed by atoms with Crippen LogP contribution in [-0.2, 0) is 13.1 Å². The highest BCUT2D eigenvalue weighted by Gasteiger charge is 2.42. The molecule has 2 aliphatic carbocycles. The van der Waals surface area contributed by atoms with Crippen molar-refractivity contribution < 1.29 is 0 Å². The predicted octanol–water partition coefficient (Wildman–Crippen LogP) is 3.77. The van der Waals surface area contributed by atoms with Crippen molar-refractivity contribution in [2.45, 2.75) is 32.5 Å². The van der Waals surface area contributed by atoms with Crippen LogP contribution in [0.15, 0.2) is 48.6 Å². The lowest BCUT2D eigenvalue weighted by molar-refractivity contribution is 0.171. The molecule has 19 heavy (non-hydrogen) atoms. The minimum absolute atomic E-state index is 0.730. The molecule has 1 aliphatic heterocycles. The van der Waals surface area contributed by atoms with Crippen molar-refractivity contribution in [3.8, 4) is 0 Å². The molecule has 4 atom stereocenters. The molecule has 1 heteroatoms. The van der Waals surface area contributed by atoms with Gasteiger partial charge >= 0.3 is 0 Å². The number of fused-ring (bicyclic) bond motifs is 2. The Bertz CT molecular complexity index is 517. The Morgan fingerprint density at radius 2 is 1.58 bits per heavy atom. The molecule has 1 saturated carbocycles. The first kappa shape index (κ1) is 11.5. The molecule has 1 fully saturated rings. The van der Waals surface area contributed by atoms with Crippen molar-refractivity contribution in [2.24, 2.45) is 17.8 Å². The van der Waals surface area contributed by atoms with Crippen LogP contribution < -0.4 is 0 Å². The number of allylic oxidation sites excluding steroid dienone is 3. The highest BCUT2D eigenvalue weighted by molar-refractivity contribution is 5.31. The Kier molecular flexibility index (Phi) is 2.63. The van der Waals surface area contributed by atoms with Gasteiger partial charge < -0.3 is 0 Å². The highest BCUT2D eigenvalue weighted by atomic mass is 15.2. The fraction of sp³-hybridized carbons (Fsp3) is 0.444. The van der Waals surface area contributed by atoms with Crippen LogP contribution in [-0.4, -0.2) is 10.9 Å². The lowest BCUT2D eigenvalue weighted by Crippen LogP contribution is -2.34. The van der Waals surface area contributed by atoms with Gasteiger partial charge in [0.25, 0.3) is 0 Å². The standard InChI is InChI=1S/C18H21N/c1-13-10-18(17-9-5-4-8-16(13)17)19-11-14-6-2-3-7-15(14)12-19/h2-9,13,16-18H,10-12H2,1H3. The van der Waals surface area contributed by atoms with E-state index in [0.717, 1.165) is 36.9 Å². The van der Waals surface area contributed by atoms with Gasteiger partial charge in [-0.2, -0.15) is 0 Å². The smallest absolute Gasteiger partial charge is 0.0243 e. The lowest BCUT2D eigenvalue weighted by Gasteiger charge is -2.30. The van der Waals surface area contributed by atoms with E-state index in [1.54, 1.807) is 0 Å². The Morgan fingerprint density at radius 1 is 0.947 bits per heavy atom. The van der Waals surface area contributed by atoms with E-state index in [1.165, 1.54) is 17.5 Å². The first-order valence-electron chi connectivity index (χ1n) is 7.49. The summed E-state index contributed by atoms with van der Waals surface area (Å²) in [7, 11) is 0. The van der Waals surface area contributed by atoms with Gasteiger partial charge in [-0.15, -0.1) is 0 Å². The summed E-state index contributed by atoms with van der Waals surface area (Å²) in [6, 6.07) is 9.66. The van der Waals surface area contributed by atoms with E-state index in [9.17, 15) is 0 Å². The number of rotatable bonds is 1. The molecule has 0 saturated heterocycles. The highest BCUT2D eigenvalue weighted by Crippen LogP contribution is 2.44. The lowest BCUT2D eigenvalue weighted by atomic mass is 9.86. The third-order valence-corrected chi connectivity index (χ3v) is 5.27. The molecule has 0 radical (unpaired) electrons.